The molecular formula is C19H17N3O5. The third-order valence-corrected chi connectivity index (χ3v) is 3.82. The highest BCUT2D eigenvalue weighted by Gasteiger charge is 2.07. The number of methoxy groups -OCH3 is 1. The molecule has 8 nitrogen and oxygen atoms in total. The maximum absolute atomic E-state index is 12.0. The number of benzene rings is 1. The smallest absolute Gasteiger partial charge is 0.335 e. The molecule has 138 valence electrons. The Bertz CT molecular complexity index is 1030. The number of nitrogens with one attached hydrogen (secondary N) is 1. The first-order valence-corrected chi connectivity index (χ1v) is 8.16. The fourth-order valence-electron chi connectivity index (χ4n) is 2.39. The lowest BCUT2D eigenvalue weighted by molar-refractivity contribution is 0.0949. The van der Waals surface area contributed by atoms with E-state index < -0.39 is 11.5 Å². The van der Waals surface area contributed by atoms with Crippen LogP contribution in [-0.2, 0) is 6.54 Å². The SMILES string of the molecule is COc1ccc(-c2ccc(=O)n(CCNC(=O)c3ccc(=O)oc3)n2)cc1. The van der Waals surface area contributed by atoms with E-state index in [1.807, 2.05) is 24.3 Å². The predicted octanol–water partition coefficient (Wildman–Crippen LogP) is 1.30. The Hall–Kier alpha value is -3.68. The van der Waals surface area contributed by atoms with Crippen LogP contribution in [0.25, 0.3) is 11.3 Å². The van der Waals surface area contributed by atoms with Gasteiger partial charge in [-0.3, -0.25) is 9.59 Å². The lowest BCUT2D eigenvalue weighted by atomic mass is 10.1. The molecule has 0 aliphatic rings. The summed E-state index contributed by atoms with van der Waals surface area (Å²) >= 11 is 0. The van der Waals surface area contributed by atoms with Gasteiger partial charge in [0.25, 0.3) is 11.5 Å². The molecule has 0 saturated heterocycles. The van der Waals surface area contributed by atoms with E-state index in [1.54, 1.807) is 13.2 Å². The van der Waals surface area contributed by atoms with Crippen LogP contribution in [0.5, 0.6) is 5.75 Å². The number of carbonyl (C=O) groups is 1. The van der Waals surface area contributed by atoms with Gasteiger partial charge in [0.2, 0.25) is 0 Å². The second-order valence-corrected chi connectivity index (χ2v) is 5.61. The lowest BCUT2D eigenvalue weighted by Crippen LogP contribution is -2.32. The number of ether oxygens (including phenoxy) is 1. The maximum atomic E-state index is 12.0. The molecule has 3 aromatic rings. The van der Waals surface area contributed by atoms with Crippen LogP contribution in [0.3, 0.4) is 0 Å². The third kappa shape index (κ3) is 4.49. The Kier molecular flexibility index (Phi) is 5.46. The zero-order valence-corrected chi connectivity index (χ0v) is 14.5. The van der Waals surface area contributed by atoms with E-state index in [1.165, 1.54) is 22.9 Å². The lowest BCUT2D eigenvalue weighted by Gasteiger charge is -2.09. The molecule has 0 spiro atoms. The summed E-state index contributed by atoms with van der Waals surface area (Å²) < 4.78 is 11.1. The molecule has 0 radical (unpaired) electrons. The second-order valence-electron chi connectivity index (χ2n) is 5.61. The Morgan fingerprint density at radius 1 is 1.11 bits per heavy atom. The Labute approximate surface area is 154 Å². The van der Waals surface area contributed by atoms with Gasteiger partial charge < -0.3 is 14.5 Å². The van der Waals surface area contributed by atoms with Crippen LogP contribution in [0, 0.1) is 0 Å². The first kappa shape index (κ1) is 18.1. The Morgan fingerprint density at radius 2 is 1.89 bits per heavy atom. The normalized spacial score (nSPS) is 10.4. The van der Waals surface area contributed by atoms with Crippen LogP contribution in [0.2, 0.25) is 0 Å². The summed E-state index contributed by atoms with van der Waals surface area (Å²) in [6.07, 6.45) is 1.09. The van der Waals surface area contributed by atoms with Crippen molar-refractivity contribution >= 4 is 5.91 Å². The van der Waals surface area contributed by atoms with E-state index >= 15 is 0 Å². The number of nitrogens with zero attached hydrogens (tertiary/aromatic N) is 2. The second kappa shape index (κ2) is 8.13. The number of aromatic nitrogens is 2. The van der Waals surface area contributed by atoms with Gasteiger partial charge in [-0.25, -0.2) is 9.48 Å². The van der Waals surface area contributed by atoms with Crippen LogP contribution in [-0.4, -0.2) is 29.3 Å². The molecule has 8 heteroatoms. The van der Waals surface area contributed by atoms with Crippen LogP contribution in [0.4, 0.5) is 0 Å². The van der Waals surface area contributed by atoms with Crippen molar-refractivity contribution in [1.29, 1.82) is 0 Å². The quantitative estimate of drug-likeness (QED) is 0.704. The van der Waals surface area contributed by atoms with Crippen LogP contribution in [0.1, 0.15) is 10.4 Å². The zero-order chi connectivity index (χ0) is 19.2. The van der Waals surface area contributed by atoms with Crippen molar-refractivity contribution in [2.75, 3.05) is 13.7 Å². The van der Waals surface area contributed by atoms with Gasteiger partial charge in [-0.05, 0) is 36.4 Å². The molecule has 0 atom stereocenters. The maximum Gasteiger partial charge on any atom is 0.335 e. The minimum atomic E-state index is -0.530. The monoisotopic (exact) mass is 367 g/mol. The van der Waals surface area contributed by atoms with Crippen molar-refractivity contribution in [1.82, 2.24) is 15.1 Å². The molecule has 2 aromatic heterocycles. The first-order valence-electron chi connectivity index (χ1n) is 8.16. The zero-order valence-electron chi connectivity index (χ0n) is 14.5. The van der Waals surface area contributed by atoms with Crippen molar-refractivity contribution < 1.29 is 13.9 Å². The summed E-state index contributed by atoms with van der Waals surface area (Å²) in [5.74, 6) is 0.324. The van der Waals surface area contributed by atoms with Gasteiger partial charge in [-0.1, -0.05) is 0 Å². The fraction of sp³-hybridized carbons (Fsp3) is 0.158. The van der Waals surface area contributed by atoms with Crippen LogP contribution < -0.4 is 21.2 Å². The van der Waals surface area contributed by atoms with Gasteiger partial charge in [0, 0.05) is 24.2 Å². The molecule has 1 amide bonds. The summed E-state index contributed by atoms with van der Waals surface area (Å²) in [7, 11) is 1.59. The van der Waals surface area contributed by atoms with E-state index in [2.05, 4.69) is 14.8 Å². The van der Waals surface area contributed by atoms with E-state index in [0.717, 1.165) is 17.6 Å². The summed E-state index contributed by atoms with van der Waals surface area (Å²) in [5, 5.41) is 6.98. The molecule has 0 bridgehead atoms. The number of amides is 1. The molecule has 1 aromatic carbocycles. The number of carbonyl (C=O) groups excluding carboxylic acids is 1. The van der Waals surface area contributed by atoms with Crippen molar-refractivity contribution in [3.63, 3.8) is 0 Å². The van der Waals surface area contributed by atoms with Crippen molar-refractivity contribution in [2.45, 2.75) is 6.54 Å². The number of rotatable bonds is 6. The van der Waals surface area contributed by atoms with E-state index in [0.29, 0.717) is 5.69 Å². The predicted molar refractivity (Wildman–Crippen MR) is 97.8 cm³/mol. The van der Waals surface area contributed by atoms with Crippen molar-refractivity contribution in [3.8, 4) is 17.0 Å². The highest BCUT2D eigenvalue weighted by molar-refractivity contribution is 5.93. The molecule has 2 heterocycles. The van der Waals surface area contributed by atoms with Gasteiger partial charge in [-0.2, -0.15) is 5.10 Å². The van der Waals surface area contributed by atoms with E-state index in [4.69, 9.17) is 4.74 Å². The van der Waals surface area contributed by atoms with E-state index in [9.17, 15) is 14.4 Å². The first-order chi connectivity index (χ1) is 13.1. The summed E-state index contributed by atoms with van der Waals surface area (Å²) in [4.78, 5) is 34.9. The summed E-state index contributed by atoms with van der Waals surface area (Å²) in [6, 6.07) is 12.9. The largest absolute Gasteiger partial charge is 0.497 e. The van der Waals surface area contributed by atoms with Gasteiger partial charge in [0.15, 0.2) is 0 Å². The molecule has 0 saturated carbocycles. The molecule has 0 aliphatic carbocycles. The minimum Gasteiger partial charge on any atom is -0.497 e. The van der Waals surface area contributed by atoms with Gasteiger partial charge in [0.05, 0.1) is 24.9 Å². The fourth-order valence-corrected chi connectivity index (χ4v) is 2.39. The van der Waals surface area contributed by atoms with Gasteiger partial charge in [-0.15, -0.1) is 0 Å². The average molecular weight is 367 g/mol. The summed E-state index contributed by atoms with van der Waals surface area (Å²) in [5.41, 5.74) is 0.896. The Morgan fingerprint density at radius 3 is 2.56 bits per heavy atom. The average Bonchev–Trinajstić information content (AvgIpc) is 2.70. The van der Waals surface area contributed by atoms with Crippen LogP contribution in [0.15, 0.2) is 68.8 Å². The molecule has 3 rings (SSSR count). The van der Waals surface area contributed by atoms with Gasteiger partial charge in [0.1, 0.15) is 12.0 Å². The van der Waals surface area contributed by atoms with Gasteiger partial charge >= 0.3 is 5.63 Å². The number of hydrogen-bond donors (Lipinski definition) is 1. The molecule has 1 N–H and O–H groups in total. The van der Waals surface area contributed by atoms with Crippen LogP contribution >= 0.6 is 0 Å². The molecule has 0 unspecified atom stereocenters. The van der Waals surface area contributed by atoms with Crippen molar-refractivity contribution in [2.24, 2.45) is 0 Å². The molecule has 0 aliphatic heterocycles. The highest BCUT2D eigenvalue weighted by atomic mass is 16.5. The van der Waals surface area contributed by atoms with Crippen molar-refractivity contribution in [3.05, 3.63) is 81.1 Å². The standard InChI is InChI=1S/C19H17N3O5/c1-26-15-5-2-13(3-6-15)16-7-8-17(23)22(21-16)11-10-20-19(25)14-4-9-18(24)27-12-14/h2-9,12H,10-11H2,1H3,(H,20,25). The molecule has 0 fully saturated rings. The molecular weight excluding hydrogens is 350 g/mol. The minimum absolute atomic E-state index is 0.191. The third-order valence-electron chi connectivity index (χ3n) is 3.82. The summed E-state index contributed by atoms with van der Waals surface area (Å²) in [6.45, 7) is 0.391. The number of hydrogen-bond acceptors (Lipinski definition) is 6. The Balaban J connectivity index is 1.67. The molecule has 27 heavy (non-hydrogen) atoms. The van der Waals surface area contributed by atoms with E-state index in [-0.39, 0.29) is 24.2 Å². The topological polar surface area (TPSA) is 103 Å². The highest BCUT2D eigenvalue weighted by Crippen LogP contribution is 2.19.